The smallest absolute Gasteiger partial charge is 0.348 e. The van der Waals surface area contributed by atoms with E-state index in [1.807, 2.05) is 6.07 Å². The highest BCUT2D eigenvalue weighted by atomic mass is 35.5. The summed E-state index contributed by atoms with van der Waals surface area (Å²) in [5.74, 6) is -1.16. The van der Waals surface area contributed by atoms with Crippen LogP contribution in [0.15, 0.2) is 29.2 Å². The van der Waals surface area contributed by atoms with Gasteiger partial charge in [-0.1, -0.05) is 11.6 Å². The first-order valence-electron chi connectivity index (χ1n) is 8.49. The number of sulfonamides is 1. The van der Waals surface area contributed by atoms with Crippen molar-refractivity contribution in [2.45, 2.75) is 24.2 Å². The van der Waals surface area contributed by atoms with Gasteiger partial charge in [0.1, 0.15) is 4.88 Å². The second kappa shape index (κ2) is 8.20. The number of carbonyl (C=O) groups is 2. The van der Waals surface area contributed by atoms with Crippen molar-refractivity contribution in [3.05, 3.63) is 44.6 Å². The van der Waals surface area contributed by atoms with E-state index in [0.29, 0.717) is 4.88 Å². The minimum atomic E-state index is -3.67. The molecule has 0 spiro atoms. The fraction of sp³-hybridized carbons (Fsp3) is 0.333. The number of nitrogens with one attached hydrogen (secondary N) is 1. The van der Waals surface area contributed by atoms with Crippen molar-refractivity contribution in [1.82, 2.24) is 4.31 Å². The first-order chi connectivity index (χ1) is 13.2. The fourth-order valence-electron chi connectivity index (χ4n) is 2.79. The number of aryl methyl sites for hydroxylation is 2. The quantitative estimate of drug-likeness (QED) is 0.694. The molecule has 0 radical (unpaired) electrons. The zero-order valence-corrected chi connectivity index (χ0v) is 17.7. The maximum absolute atomic E-state index is 12.2. The van der Waals surface area contributed by atoms with E-state index in [4.69, 9.17) is 16.3 Å². The molecule has 1 aromatic carbocycles. The lowest BCUT2D eigenvalue weighted by Crippen LogP contribution is -2.23. The molecule has 28 heavy (non-hydrogen) atoms. The van der Waals surface area contributed by atoms with Gasteiger partial charge in [0.2, 0.25) is 10.0 Å². The maximum Gasteiger partial charge on any atom is 0.348 e. The molecule has 0 saturated carbocycles. The predicted octanol–water partition coefficient (Wildman–Crippen LogP) is 2.94. The van der Waals surface area contributed by atoms with Gasteiger partial charge in [0.05, 0.1) is 15.6 Å². The number of thiophene rings is 1. The van der Waals surface area contributed by atoms with Gasteiger partial charge >= 0.3 is 5.97 Å². The highest BCUT2D eigenvalue weighted by molar-refractivity contribution is 7.89. The van der Waals surface area contributed by atoms with E-state index in [1.54, 1.807) is 0 Å². The molecule has 0 atom stereocenters. The van der Waals surface area contributed by atoms with E-state index in [0.717, 1.165) is 23.6 Å². The monoisotopic (exact) mass is 442 g/mol. The van der Waals surface area contributed by atoms with Crippen LogP contribution in [-0.2, 0) is 32.4 Å². The number of benzene rings is 1. The number of amides is 1. The lowest BCUT2D eigenvalue weighted by atomic mass is 10.2. The summed E-state index contributed by atoms with van der Waals surface area (Å²) in [6.45, 7) is -0.498. The van der Waals surface area contributed by atoms with E-state index in [2.05, 4.69) is 5.32 Å². The average molecular weight is 443 g/mol. The molecule has 0 aliphatic heterocycles. The number of fused-ring (bicyclic) bond motifs is 1. The van der Waals surface area contributed by atoms with Gasteiger partial charge in [-0.25, -0.2) is 17.5 Å². The van der Waals surface area contributed by atoms with Crippen molar-refractivity contribution >= 4 is 50.5 Å². The van der Waals surface area contributed by atoms with Gasteiger partial charge in [-0.05, 0) is 49.1 Å². The lowest BCUT2D eigenvalue weighted by molar-refractivity contribution is -0.119. The van der Waals surface area contributed by atoms with Crippen molar-refractivity contribution in [3.8, 4) is 0 Å². The van der Waals surface area contributed by atoms with Crippen molar-refractivity contribution in [3.63, 3.8) is 0 Å². The predicted molar refractivity (Wildman–Crippen MR) is 108 cm³/mol. The van der Waals surface area contributed by atoms with E-state index >= 15 is 0 Å². The first-order valence-corrected chi connectivity index (χ1v) is 11.1. The van der Waals surface area contributed by atoms with Crippen molar-refractivity contribution in [2.24, 2.45) is 0 Å². The van der Waals surface area contributed by atoms with E-state index in [9.17, 15) is 18.0 Å². The molecule has 0 saturated heterocycles. The van der Waals surface area contributed by atoms with Gasteiger partial charge in [0.25, 0.3) is 5.91 Å². The number of hydrogen-bond acceptors (Lipinski definition) is 6. The summed E-state index contributed by atoms with van der Waals surface area (Å²) in [6, 6.07) is 5.82. The molecule has 1 N–H and O–H groups in total. The third kappa shape index (κ3) is 4.38. The Bertz CT molecular complexity index is 1010. The molecule has 0 unspecified atom stereocenters. The molecule has 0 fully saturated rings. The number of carbonyl (C=O) groups excluding carboxylic acids is 2. The standard InChI is InChI=1S/C18H19ClN2O5S2/c1-21(2)28(24,25)12-6-7-13(19)14(9-12)20-17(22)10-26-18(23)16-8-11-4-3-5-15(11)27-16/h6-9H,3-5,10H2,1-2H3,(H,20,22). The molecular weight excluding hydrogens is 424 g/mol. The van der Waals surface area contributed by atoms with Crippen LogP contribution in [0, 0.1) is 0 Å². The molecule has 0 bridgehead atoms. The zero-order chi connectivity index (χ0) is 20.5. The van der Waals surface area contributed by atoms with E-state index in [1.165, 1.54) is 54.1 Å². The summed E-state index contributed by atoms with van der Waals surface area (Å²) >= 11 is 7.44. The number of ether oxygens (including phenoxy) is 1. The molecule has 150 valence electrons. The van der Waals surface area contributed by atoms with Crippen LogP contribution >= 0.6 is 22.9 Å². The Kier molecular flexibility index (Phi) is 6.09. The van der Waals surface area contributed by atoms with Crippen LogP contribution in [0.2, 0.25) is 5.02 Å². The Balaban J connectivity index is 1.63. The van der Waals surface area contributed by atoms with Gasteiger partial charge in [-0.3, -0.25) is 4.79 Å². The van der Waals surface area contributed by atoms with Crippen LogP contribution in [-0.4, -0.2) is 45.3 Å². The average Bonchev–Trinajstić information content (AvgIpc) is 3.23. The summed E-state index contributed by atoms with van der Waals surface area (Å²) in [4.78, 5) is 25.9. The van der Waals surface area contributed by atoms with Crippen molar-refractivity contribution in [2.75, 3.05) is 26.0 Å². The second-order valence-electron chi connectivity index (χ2n) is 6.47. The summed E-state index contributed by atoms with van der Waals surface area (Å²) in [5.41, 5.74) is 1.30. The number of rotatable bonds is 6. The summed E-state index contributed by atoms with van der Waals surface area (Å²) in [7, 11) is -0.863. The Labute approximate surface area is 172 Å². The van der Waals surface area contributed by atoms with Gasteiger partial charge in [-0.15, -0.1) is 11.3 Å². The minimum Gasteiger partial charge on any atom is -0.451 e. The third-order valence-corrected chi connectivity index (χ3v) is 7.63. The normalized spacial score (nSPS) is 13.4. The number of halogens is 1. The molecular formula is C18H19ClN2O5S2. The highest BCUT2D eigenvalue weighted by Gasteiger charge is 2.21. The maximum atomic E-state index is 12.2. The Morgan fingerprint density at radius 2 is 2.00 bits per heavy atom. The molecule has 1 heterocycles. The molecule has 1 aliphatic rings. The largest absolute Gasteiger partial charge is 0.451 e. The van der Waals surface area contributed by atoms with E-state index in [-0.39, 0.29) is 15.6 Å². The Morgan fingerprint density at radius 3 is 2.68 bits per heavy atom. The lowest BCUT2D eigenvalue weighted by Gasteiger charge is -2.13. The number of anilines is 1. The van der Waals surface area contributed by atoms with E-state index < -0.39 is 28.5 Å². The van der Waals surface area contributed by atoms with Crippen molar-refractivity contribution in [1.29, 1.82) is 0 Å². The molecule has 1 aliphatic carbocycles. The molecule has 7 nitrogen and oxygen atoms in total. The SMILES string of the molecule is CN(C)S(=O)(=O)c1ccc(Cl)c(NC(=O)COC(=O)c2cc3c(s2)CCC3)c1. The van der Waals surface area contributed by atoms with Crippen LogP contribution in [0.1, 0.15) is 26.5 Å². The first kappa shape index (κ1) is 20.8. The van der Waals surface area contributed by atoms with Crippen molar-refractivity contribution < 1.29 is 22.7 Å². The van der Waals surface area contributed by atoms with Gasteiger partial charge < -0.3 is 10.1 Å². The summed E-state index contributed by atoms with van der Waals surface area (Å²) in [6.07, 6.45) is 3.03. The Hall–Kier alpha value is -1.94. The second-order valence-corrected chi connectivity index (χ2v) is 10.2. The van der Waals surface area contributed by atoms with Crippen LogP contribution in [0.3, 0.4) is 0 Å². The molecule has 1 aromatic heterocycles. The summed E-state index contributed by atoms with van der Waals surface area (Å²) < 4.78 is 30.6. The number of esters is 1. The number of nitrogens with zero attached hydrogens (tertiary/aromatic N) is 1. The molecule has 1 amide bonds. The topological polar surface area (TPSA) is 92.8 Å². The fourth-order valence-corrected chi connectivity index (χ4v) is 5.03. The minimum absolute atomic E-state index is 0.0118. The summed E-state index contributed by atoms with van der Waals surface area (Å²) in [5, 5.41) is 2.65. The molecule has 3 rings (SSSR count). The van der Waals surface area contributed by atoms with Gasteiger partial charge in [0.15, 0.2) is 6.61 Å². The molecule has 2 aromatic rings. The van der Waals surface area contributed by atoms with Crippen LogP contribution < -0.4 is 5.32 Å². The van der Waals surface area contributed by atoms with Crippen LogP contribution in [0.4, 0.5) is 5.69 Å². The molecule has 10 heteroatoms. The Morgan fingerprint density at radius 1 is 1.25 bits per heavy atom. The van der Waals surface area contributed by atoms with Gasteiger partial charge in [0, 0.05) is 19.0 Å². The third-order valence-electron chi connectivity index (χ3n) is 4.27. The van der Waals surface area contributed by atoms with Crippen LogP contribution in [0.5, 0.6) is 0 Å². The zero-order valence-electron chi connectivity index (χ0n) is 15.3. The highest BCUT2D eigenvalue weighted by Crippen LogP contribution is 2.31. The van der Waals surface area contributed by atoms with Crippen LogP contribution in [0.25, 0.3) is 0 Å². The van der Waals surface area contributed by atoms with Gasteiger partial charge in [-0.2, -0.15) is 0 Å². The number of hydrogen-bond donors (Lipinski definition) is 1.